The Balaban J connectivity index is 2.14. The van der Waals surface area contributed by atoms with Crippen LogP contribution in [0.15, 0.2) is 6.07 Å². The summed E-state index contributed by atoms with van der Waals surface area (Å²) in [6.45, 7) is 7.21. The molecule has 0 aliphatic heterocycles. The van der Waals surface area contributed by atoms with Crippen molar-refractivity contribution in [3.8, 4) is 0 Å². The molecule has 2 heterocycles. The third-order valence-corrected chi connectivity index (χ3v) is 3.57. The van der Waals surface area contributed by atoms with Crippen LogP contribution in [-0.2, 0) is 20.7 Å². The maximum Gasteiger partial charge on any atom is 0.306 e. The number of hydrogen-bond acceptors (Lipinski definition) is 5. The number of amides is 1. The molecule has 2 aromatic rings. The van der Waals surface area contributed by atoms with Gasteiger partial charge in [-0.2, -0.15) is 5.10 Å². The summed E-state index contributed by atoms with van der Waals surface area (Å²) >= 11 is 0. The Kier molecular flexibility index (Phi) is 4.44. The molecule has 0 aromatic carbocycles. The molecule has 0 saturated carbocycles. The van der Waals surface area contributed by atoms with E-state index in [1.165, 1.54) is 6.92 Å². The average molecular weight is 304 g/mol. The van der Waals surface area contributed by atoms with Gasteiger partial charge in [-0.1, -0.05) is 0 Å². The second kappa shape index (κ2) is 6.13. The molecule has 7 heteroatoms. The minimum absolute atomic E-state index is 0.159. The normalized spacial score (nSPS) is 12.4. The zero-order chi connectivity index (χ0) is 16.4. The van der Waals surface area contributed by atoms with Crippen molar-refractivity contribution in [2.24, 2.45) is 5.73 Å². The third kappa shape index (κ3) is 3.24. The van der Waals surface area contributed by atoms with Gasteiger partial charge in [-0.05, 0) is 39.7 Å². The van der Waals surface area contributed by atoms with Crippen molar-refractivity contribution in [2.45, 2.75) is 46.6 Å². The minimum atomic E-state index is -0.913. The summed E-state index contributed by atoms with van der Waals surface area (Å²) in [6.07, 6.45) is -0.277. The maximum atomic E-state index is 11.7. The fourth-order valence-corrected chi connectivity index (χ4v) is 2.34. The second-order valence-electron chi connectivity index (χ2n) is 5.35. The van der Waals surface area contributed by atoms with Gasteiger partial charge in [0.25, 0.3) is 5.91 Å². The molecule has 0 fully saturated rings. The Morgan fingerprint density at radius 2 is 2.05 bits per heavy atom. The molecule has 2 rings (SSSR count). The van der Waals surface area contributed by atoms with Gasteiger partial charge in [0.1, 0.15) is 0 Å². The summed E-state index contributed by atoms with van der Waals surface area (Å²) in [4.78, 5) is 27.1. The first-order chi connectivity index (χ1) is 10.3. The highest BCUT2D eigenvalue weighted by Crippen LogP contribution is 2.17. The van der Waals surface area contributed by atoms with Crippen molar-refractivity contribution in [1.29, 1.82) is 0 Å². The average Bonchev–Trinajstić information content (AvgIpc) is 2.78. The van der Waals surface area contributed by atoms with E-state index in [0.717, 1.165) is 28.3 Å². The van der Waals surface area contributed by atoms with Crippen molar-refractivity contribution in [3.63, 3.8) is 0 Å². The molecule has 0 aliphatic rings. The van der Waals surface area contributed by atoms with Gasteiger partial charge in [0.2, 0.25) is 0 Å². The lowest BCUT2D eigenvalue weighted by atomic mass is 10.1. The van der Waals surface area contributed by atoms with Gasteiger partial charge in [-0.3, -0.25) is 9.59 Å². The molecule has 0 aliphatic carbocycles. The first-order valence-corrected chi connectivity index (χ1v) is 7.11. The molecule has 7 nitrogen and oxygen atoms in total. The number of nitrogens with zero attached hydrogens (tertiary/aromatic N) is 3. The van der Waals surface area contributed by atoms with Crippen LogP contribution in [0.5, 0.6) is 0 Å². The van der Waals surface area contributed by atoms with Crippen LogP contribution < -0.4 is 5.73 Å². The number of hydrogen-bond donors (Lipinski definition) is 1. The number of esters is 1. The number of primary amides is 1. The van der Waals surface area contributed by atoms with Crippen LogP contribution >= 0.6 is 0 Å². The molecule has 22 heavy (non-hydrogen) atoms. The third-order valence-electron chi connectivity index (χ3n) is 3.57. The Morgan fingerprint density at radius 3 is 2.68 bits per heavy atom. The molecule has 0 unspecified atom stereocenters. The number of aromatic nitrogens is 3. The van der Waals surface area contributed by atoms with Gasteiger partial charge in [0, 0.05) is 23.9 Å². The van der Waals surface area contributed by atoms with E-state index in [9.17, 15) is 9.59 Å². The largest absolute Gasteiger partial charge is 0.453 e. The van der Waals surface area contributed by atoms with Gasteiger partial charge in [-0.15, -0.1) is 0 Å². The summed E-state index contributed by atoms with van der Waals surface area (Å²) < 4.78 is 6.72. The van der Waals surface area contributed by atoms with Crippen LogP contribution in [0.3, 0.4) is 0 Å². The topological polar surface area (TPSA) is 99.6 Å². The van der Waals surface area contributed by atoms with Crippen LogP contribution in [0.1, 0.15) is 36.0 Å². The summed E-state index contributed by atoms with van der Waals surface area (Å²) in [6, 6.07) is 1.91. The van der Waals surface area contributed by atoms with E-state index in [1.807, 2.05) is 26.8 Å². The molecule has 2 N–H and O–H groups in total. The number of nitrogens with two attached hydrogens (primary N) is 1. The minimum Gasteiger partial charge on any atom is -0.453 e. The summed E-state index contributed by atoms with van der Waals surface area (Å²) in [5, 5.41) is 4.39. The van der Waals surface area contributed by atoms with Crippen molar-refractivity contribution >= 4 is 17.5 Å². The monoisotopic (exact) mass is 304 g/mol. The Bertz CT molecular complexity index is 736. The van der Waals surface area contributed by atoms with Crippen LogP contribution in [0, 0.1) is 20.8 Å². The van der Waals surface area contributed by atoms with E-state index < -0.39 is 18.0 Å². The number of carbonyl (C=O) groups excluding carboxylic acids is 2. The molecule has 0 radical (unpaired) electrons. The molecular weight excluding hydrogens is 284 g/mol. The van der Waals surface area contributed by atoms with Crippen molar-refractivity contribution in [2.75, 3.05) is 0 Å². The van der Waals surface area contributed by atoms with Crippen LogP contribution in [0.2, 0.25) is 0 Å². The highest BCUT2D eigenvalue weighted by molar-refractivity contribution is 5.81. The SMILES string of the molecule is Cc1cc2nc(C)c(CCC(=O)O[C@H](C)C(N)=O)c(C)n2n1. The molecule has 0 bridgehead atoms. The maximum absolute atomic E-state index is 11.7. The van der Waals surface area contributed by atoms with Crippen molar-refractivity contribution in [3.05, 3.63) is 28.7 Å². The van der Waals surface area contributed by atoms with Gasteiger partial charge < -0.3 is 10.5 Å². The lowest BCUT2D eigenvalue weighted by molar-refractivity contribution is -0.153. The highest BCUT2D eigenvalue weighted by atomic mass is 16.5. The lowest BCUT2D eigenvalue weighted by Gasteiger charge is -2.12. The number of rotatable bonds is 5. The molecule has 2 aromatic heterocycles. The van der Waals surface area contributed by atoms with Gasteiger partial charge in [-0.25, -0.2) is 9.50 Å². The van der Waals surface area contributed by atoms with E-state index in [-0.39, 0.29) is 6.42 Å². The van der Waals surface area contributed by atoms with Gasteiger partial charge in [0.15, 0.2) is 11.8 Å². The number of ether oxygens (including phenoxy) is 1. The van der Waals surface area contributed by atoms with E-state index >= 15 is 0 Å². The fraction of sp³-hybridized carbons (Fsp3) is 0.467. The quantitative estimate of drug-likeness (QED) is 0.831. The van der Waals surface area contributed by atoms with E-state index in [1.54, 1.807) is 4.52 Å². The zero-order valence-corrected chi connectivity index (χ0v) is 13.2. The summed E-state index contributed by atoms with van der Waals surface area (Å²) in [7, 11) is 0. The van der Waals surface area contributed by atoms with Gasteiger partial charge >= 0.3 is 5.97 Å². The molecular formula is C15H20N4O3. The Hall–Kier alpha value is -2.44. The fourth-order valence-electron chi connectivity index (χ4n) is 2.34. The van der Waals surface area contributed by atoms with E-state index in [0.29, 0.717) is 6.42 Å². The first-order valence-electron chi connectivity index (χ1n) is 7.11. The highest BCUT2D eigenvalue weighted by Gasteiger charge is 2.16. The van der Waals surface area contributed by atoms with Gasteiger partial charge in [0.05, 0.1) is 5.69 Å². The van der Waals surface area contributed by atoms with Crippen molar-refractivity contribution < 1.29 is 14.3 Å². The van der Waals surface area contributed by atoms with Crippen LogP contribution in [-0.4, -0.2) is 32.6 Å². The molecule has 0 spiro atoms. The standard InChI is InChI=1S/C15H20N4O3/c1-8-7-13-17-9(2)12(10(3)19(13)18-8)5-6-14(20)22-11(4)15(16)21/h7,11H,5-6H2,1-4H3,(H2,16,21)/t11-/m1/s1. The molecule has 0 saturated heterocycles. The predicted molar refractivity (Wildman–Crippen MR) is 80.3 cm³/mol. The summed E-state index contributed by atoms with van der Waals surface area (Å²) in [5.74, 6) is -1.11. The molecule has 1 amide bonds. The smallest absolute Gasteiger partial charge is 0.306 e. The van der Waals surface area contributed by atoms with E-state index in [2.05, 4.69) is 10.1 Å². The Morgan fingerprint density at radius 1 is 1.36 bits per heavy atom. The Labute approximate surface area is 128 Å². The number of carbonyl (C=O) groups is 2. The first kappa shape index (κ1) is 15.9. The van der Waals surface area contributed by atoms with Crippen LogP contribution in [0.25, 0.3) is 5.65 Å². The lowest BCUT2D eigenvalue weighted by Crippen LogP contribution is -2.30. The number of aryl methyl sites for hydroxylation is 3. The zero-order valence-electron chi connectivity index (χ0n) is 13.2. The molecule has 118 valence electrons. The summed E-state index contributed by atoms with van der Waals surface area (Å²) in [5.41, 5.74) is 9.52. The second-order valence-corrected chi connectivity index (χ2v) is 5.35. The number of fused-ring (bicyclic) bond motifs is 1. The van der Waals surface area contributed by atoms with E-state index in [4.69, 9.17) is 10.5 Å². The molecule has 1 atom stereocenters. The predicted octanol–water partition coefficient (Wildman–Crippen LogP) is 1.00. The van der Waals surface area contributed by atoms with Crippen molar-refractivity contribution in [1.82, 2.24) is 14.6 Å². The van der Waals surface area contributed by atoms with Crippen LogP contribution in [0.4, 0.5) is 0 Å².